The van der Waals surface area contributed by atoms with Gasteiger partial charge in [0, 0.05) is 13.1 Å². The minimum Gasteiger partial charge on any atom is -0.389 e. The van der Waals surface area contributed by atoms with Crippen molar-refractivity contribution < 1.29 is 14.6 Å². The first-order chi connectivity index (χ1) is 7.52. The van der Waals surface area contributed by atoms with Crippen LogP contribution in [0.3, 0.4) is 0 Å². The van der Waals surface area contributed by atoms with Gasteiger partial charge in [-0.15, -0.1) is 0 Å². The number of hydrogen-bond donors (Lipinski definition) is 1. The van der Waals surface area contributed by atoms with E-state index in [-0.39, 0.29) is 12.2 Å². The van der Waals surface area contributed by atoms with Crippen LogP contribution in [0.25, 0.3) is 0 Å². The Bertz CT molecular complexity index is 244. The molecule has 94 valence electrons. The third kappa shape index (κ3) is 2.56. The van der Waals surface area contributed by atoms with Crippen molar-refractivity contribution in [1.82, 2.24) is 4.90 Å². The average molecular weight is 229 g/mol. The van der Waals surface area contributed by atoms with Crippen LogP contribution in [0.4, 0.5) is 0 Å². The average Bonchev–Trinajstić information content (AvgIpc) is 2.50. The van der Waals surface area contributed by atoms with Gasteiger partial charge >= 0.3 is 0 Å². The van der Waals surface area contributed by atoms with Gasteiger partial charge in [0.15, 0.2) is 5.79 Å². The third-order valence-corrected chi connectivity index (χ3v) is 3.31. The molecule has 2 heterocycles. The minimum absolute atomic E-state index is 0.0237. The Kier molecular flexibility index (Phi) is 3.54. The Balaban J connectivity index is 1.94. The Labute approximate surface area is 97.5 Å². The first kappa shape index (κ1) is 12.3. The Morgan fingerprint density at radius 1 is 1.31 bits per heavy atom. The van der Waals surface area contributed by atoms with E-state index in [1.165, 1.54) is 12.8 Å². The molecule has 2 rings (SSSR count). The smallest absolute Gasteiger partial charge is 0.163 e. The van der Waals surface area contributed by atoms with Gasteiger partial charge in [-0.1, -0.05) is 13.3 Å². The maximum Gasteiger partial charge on any atom is 0.163 e. The molecule has 3 atom stereocenters. The lowest BCUT2D eigenvalue weighted by molar-refractivity contribution is -0.152. The van der Waals surface area contributed by atoms with Gasteiger partial charge in [0.1, 0.15) is 12.2 Å². The summed E-state index contributed by atoms with van der Waals surface area (Å²) in [5.74, 6) is -0.545. The predicted molar refractivity (Wildman–Crippen MR) is 61.2 cm³/mol. The summed E-state index contributed by atoms with van der Waals surface area (Å²) in [6, 6.07) is 0. The van der Waals surface area contributed by atoms with Crippen molar-refractivity contribution in [1.29, 1.82) is 0 Å². The van der Waals surface area contributed by atoms with Crippen LogP contribution >= 0.6 is 0 Å². The fraction of sp³-hybridized carbons (Fsp3) is 1.00. The topological polar surface area (TPSA) is 41.9 Å². The number of rotatable bonds is 3. The lowest BCUT2D eigenvalue weighted by Gasteiger charge is -2.36. The second kappa shape index (κ2) is 4.61. The molecule has 0 spiro atoms. The highest BCUT2D eigenvalue weighted by molar-refractivity contribution is 4.93. The number of nitrogens with zero attached hydrogens (tertiary/aromatic N) is 1. The Morgan fingerprint density at radius 2 is 2.06 bits per heavy atom. The normalized spacial score (nSPS) is 38.6. The molecule has 4 heteroatoms. The Hall–Kier alpha value is -0.160. The summed E-state index contributed by atoms with van der Waals surface area (Å²) in [6.45, 7) is 8.64. The summed E-state index contributed by atoms with van der Waals surface area (Å²) in [6.07, 6.45) is 1.82. The van der Waals surface area contributed by atoms with Crippen molar-refractivity contribution in [2.24, 2.45) is 0 Å². The molecule has 2 aliphatic heterocycles. The standard InChI is InChI=1S/C12H23NO3/c1-4-5-6-13-7-9(14)11-10(8-13)15-12(2,3)16-11/h9-11,14H,4-8H2,1-3H3/t9-,10-,11+/m1/s1. The van der Waals surface area contributed by atoms with Crippen molar-refractivity contribution in [3.05, 3.63) is 0 Å². The number of unbranched alkanes of at least 4 members (excludes halogenated alkanes) is 1. The van der Waals surface area contributed by atoms with Crippen molar-refractivity contribution in [3.8, 4) is 0 Å². The van der Waals surface area contributed by atoms with Gasteiger partial charge in [-0.25, -0.2) is 0 Å². The number of likely N-dealkylation sites (tertiary alicyclic amines) is 1. The van der Waals surface area contributed by atoms with Crippen LogP contribution in [-0.2, 0) is 9.47 Å². The molecule has 0 unspecified atom stereocenters. The predicted octanol–water partition coefficient (Wildman–Crippen LogP) is 0.983. The van der Waals surface area contributed by atoms with E-state index in [9.17, 15) is 5.11 Å². The highest BCUT2D eigenvalue weighted by Gasteiger charge is 2.48. The molecule has 0 radical (unpaired) electrons. The van der Waals surface area contributed by atoms with E-state index in [0.29, 0.717) is 6.54 Å². The van der Waals surface area contributed by atoms with E-state index in [1.54, 1.807) is 0 Å². The van der Waals surface area contributed by atoms with Crippen LogP contribution in [0.15, 0.2) is 0 Å². The lowest BCUT2D eigenvalue weighted by atomic mass is 10.0. The SMILES string of the molecule is CCCCN1C[C@@H](O)[C@@H]2OC(C)(C)O[C@@H]2C1. The zero-order valence-corrected chi connectivity index (χ0v) is 10.5. The first-order valence-electron chi connectivity index (χ1n) is 6.28. The third-order valence-electron chi connectivity index (χ3n) is 3.31. The fourth-order valence-electron chi connectivity index (χ4n) is 2.59. The van der Waals surface area contributed by atoms with E-state index in [1.807, 2.05) is 13.8 Å². The Morgan fingerprint density at radius 3 is 2.75 bits per heavy atom. The van der Waals surface area contributed by atoms with Crippen molar-refractivity contribution in [2.45, 2.75) is 57.7 Å². The van der Waals surface area contributed by atoms with Crippen molar-refractivity contribution in [2.75, 3.05) is 19.6 Å². The van der Waals surface area contributed by atoms with E-state index in [4.69, 9.17) is 9.47 Å². The molecule has 2 saturated heterocycles. The fourth-order valence-corrected chi connectivity index (χ4v) is 2.59. The van der Waals surface area contributed by atoms with Crippen LogP contribution < -0.4 is 0 Å². The molecule has 0 bridgehead atoms. The maximum atomic E-state index is 10.0. The lowest BCUT2D eigenvalue weighted by Crippen LogP contribution is -2.54. The van der Waals surface area contributed by atoms with E-state index in [0.717, 1.165) is 13.1 Å². The summed E-state index contributed by atoms with van der Waals surface area (Å²) in [7, 11) is 0. The molecule has 2 fully saturated rings. The van der Waals surface area contributed by atoms with Crippen LogP contribution in [-0.4, -0.2) is 53.7 Å². The number of fused-ring (bicyclic) bond motifs is 1. The molecule has 0 saturated carbocycles. The first-order valence-corrected chi connectivity index (χ1v) is 6.28. The molecular formula is C12H23NO3. The quantitative estimate of drug-likeness (QED) is 0.783. The molecular weight excluding hydrogens is 206 g/mol. The number of piperidine rings is 1. The molecule has 2 aliphatic rings. The molecule has 0 aromatic heterocycles. The minimum atomic E-state index is -0.545. The van der Waals surface area contributed by atoms with Crippen LogP contribution in [0.1, 0.15) is 33.6 Å². The second-order valence-electron chi connectivity index (χ2n) is 5.32. The summed E-state index contributed by atoms with van der Waals surface area (Å²) >= 11 is 0. The summed E-state index contributed by atoms with van der Waals surface area (Å²) in [5, 5.41) is 10.0. The molecule has 0 aromatic carbocycles. The van der Waals surface area contributed by atoms with Crippen LogP contribution in [0, 0.1) is 0 Å². The van der Waals surface area contributed by atoms with Crippen LogP contribution in [0.5, 0.6) is 0 Å². The molecule has 0 aromatic rings. The monoisotopic (exact) mass is 229 g/mol. The van der Waals surface area contributed by atoms with Gasteiger partial charge in [0.05, 0.1) is 6.10 Å². The van der Waals surface area contributed by atoms with Crippen LogP contribution in [0.2, 0.25) is 0 Å². The van der Waals surface area contributed by atoms with Gasteiger partial charge in [0.2, 0.25) is 0 Å². The highest BCUT2D eigenvalue weighted by atomic mass is 16.8. The van der Waals surface area contributed by atoms with E-state index >= 15 is 0 Å². The molecule has 0 aliphatic carbocycles. The van der Waals surface area contributed by atoms with Gasteiger partial charge in [-0.3, -0.25) is 4.90 Å². The number of aliphatic hydroxyl groups is 1. The van der Waals surface area contributed by atoms with Crippen molar-refractivity contribution in [3.63, 3.8) is 0 Å². The number of ether oxygens (including phenoxy) is 2. The number of β-amino-alcohol motifs (C(OH)–C–C–N with tert-alkyl or cyclic N) is 1. The molecule has 0 amide bonds. The van der Waals surface area contributed by atoms with Crippen molar-refractivity contribution >= 4 is 0 Å². The van der Waals surface area contributed by atoms with Gasteiger partial charge in [-0.05, 0) is 26.8 Å². The van der Waals surface area contributed by atoms with Gasteiger partial charge < -0.3 is 14.6 Å². The largest absolute Gasteiger partial charge is 0.389 e. The molecule has 1 N–H and O–H groups in total. The second-order valence-corrected chi connectivity index (χ2v) is 5.32. The molecule has 4 nitrogen and oxygen atoms in total. The highest BCUT2D eigenvalue weighted by Crippen LogP contribution is 2.33. The summed E-state index contributed by atoms with van der Waals surface area (Å²) in [4.78, 5) is 2.28. The zero-order chi connectivity index (χ0) is 11.8. The number of aliphatic hydroxyl groups excluding tert-OH is 1. The van der Waals surface area contributed by atoms with E-state index in [2.05, 4.69) is 11.8 Å². The van der Waals surface area contributed by atoms with Gasteiger partial charge in [-0.2, -0.15) is 0 Å². The number of hydrogen-bond acceptors (Lipinski definition) is 4. The summed E-state index contributed by atoms with van der Waals surface area (Å²) in [5.41, 5.74) is 0. The molecule has 16 heavy (non-hydrogen) atoms. The summed E-state index contributed by atoms with van der Waals surface area (Å²) < 4.78 is 11.5. The maximum absolute atomic E-state index is 10.0. The van der Waals surface area contributed by atoms with E-state index < -0.39 is 11.9 Å². The van der Waals surface area contributed by atoms with Gasteiger partial charge in [0.25, 0.3) is 0 Å². The zero-order valence-electron chi connectivity index (χ0n) is 10.5.